The fraction of sp³-hybridized carbons (Fsp3) is 0.545. The van der Waals surface area contributed by atoms with E-state index in [-0.39, 0.29) is 18.6 Å². The number of hydrogen-bond acceptors (Lipinski definition) is 4. The number of ether oxygens (including phenoxy) is 1. The summed E-state index contributed by atoms with van der Waals surface area (Å²) in [5.41, 5.74) is 0. The smallest absolute Gasteiger partial charge is 0.303 e. The van der Waals surface area contributed by atoms with Crippen molar-refractivity contribution in [3.8, 4) is 0 Å². The molecule has 0 aromatic carbocycles. The zero-order valence-electron chi connectivity index (χ0n) is 9.27. The highest BCUT2D eigenvalue weighted by molar-refractivity contribution is 5.87. The minimum Gasteiger partial charge on any atom is -0.481 e. The lowest BCUT2D eigenvalue weighted by atomic mass is 10.1. The number of carbonyl (C=O) groups is 3. The summed E-state index contributed by atoms with van der Waals surface area (Å²) in [5, 5.41) is 8.43. The number of carboxylic acid groups (broad SMARTS) is 1. The van der Waals surface area contributed by atoms with Gasteiger partial charge in [0, 0.05) is 13.3 Å². The zero-order chi connectivity index (χ0) is 12.6. The van der Waals surface area contributed by atoms with Gasteiger partial charge in [0.15, 0.2) is 11.9 Å². The van der Waals surface area contributed by atoms with Crippen LogP contribution in [0.15, 0.2) is 12.7 Å². The molecule has 1 N–H and O–H groups in total. The van der Waals surface area contributed by atoms with Crippen molar-refractivity contribution in [2.45, 2.75) is 38.7 Å². The molecule has 5 nitrogen and oxygen atoms in total. The summed E-state index contributed by atoms with van der Waals surface area (Å²) in [6.07, 6.45) is 1.28. The maximum atomic E-state index is 11.5. The van der Waals surface area contributed by atoms with Crippen LogP contribution >= 0.6 is 0 Å². The standard InChI is InChI=1S/C11H16O5/c1-3-4-5-10(16-8(2)12)9(13)6-7-11(14)15/h3,10H,1,4-7H2,2H3,(H,14,15)/t10-/m0/s1. The average Bonchev–Trinajstić information content (AvgIpc) is 2.20. The van der Waals surface area contributed by atoms with Crippen molar-refractivity contribution >= 4 is 17.7 Å². The van der Waals surface area contributed by atoms with E-state index >= 15 is 0 Å². The third kappa shape index (κ3) is 6.75. The van der Waals surface area contributed by atoms with E-state index in [2.05, 4.69) is 6.58 Å². The molecule has 0 saturated carbocycles. The summed E-state index contributed by atoms with van der Waals surface area (Å²) in [6, 6.07) is 0. The molecule has 0 heterocycles. The Morgan fingerprint density at radius 2 is 2.00 bits per heavy atom. The van der Waals surface area contributed by atoms with Gasteiger partial charge in [0.1, 0.15) is 0 Å². The van der Waals surface area contributed by atoms with Gasteiger partial charge >= 0.3 is 11.9 Å². The number of carbonyl (C=O) groups excluding carboxylic acids is 2. The number of Topliss-reactive ketones (excluding diaryl/α,β-unsaturated/α-hetero) is 1. The number of esters is 1. The van der Waals surface area contributed by atoms with Crippen molar-refractivity contribution < 1.29 is 24.2 Å². The molecule has 0 saturated heterocycles. The van der Waals surface area contributed by atoms with Gasteiger partial charge < -0.3 is 9.84 Å². The fourth-order valence-electron chi connectivity index (χ4n) is 1.15. The Morgan fingerprint density at radius 1 is 1.38 bits per heavy atom. The number of ketones is 1. The van der Waals surface area contributed by atoms with E-state index in [1.54, 1.807) is 6.08 Å². The molecule has 0 aromatic rings. The molecule has 0 spiro atoms. The minimum atomic E-state index is -1.04. The molecule has 0 amide bonds. The van der Waals surface area contributed by atoms with Gasteiger partial charge in [-0.15, -0.1) is 6.58 Å². The molecule has 0 aliphatic heterocycles. The molecular formula is C11H16O5. The van der Waals surface area contributed by atoms with Crippen LogP contribution in [0.1, 0.15) is 32.6 Å². The van der Waals surface area contributed by atoms with E-state index in [0.717, 1.165) is 0 Å². The summed E-state index contributed by atoms with van der Waals surface area (Å²) in [6.45, 7) is 4.71. The van der Waals surface area contributed by atoms with Crippen molar-refractivity contribution in [1.29, 1.82) is 0 Å². The van der Waals surface area contributed by atoms with Crippen LogP contribution in [0.2, 0.25) is 0 Å². The summed E-state index contributed by atoms with van der Waals surface area (Å²) in [4.78, 5) is 32.5. The molecule has 90 valence electrons. The van der Waals surface area contributed by atoms with Gasteiger partial charge in [0.2, 0.25) is 0 Å². The number of rotatable bonds is 8. The van der Waals surface area contributed by atoms with Gasteiger partial charge in [-0.2, -0.15) is 0 Å². The number of aliphatic carboxylic acids is 1. The van der Waals surface area contributed by atoms with Gasteiger partial charge in [-0.1, -0.05) is 6.08 Å². The van der Waals surface area contributed by atoms with Gasteiger partial charge in [-0.05, 0) is 12.8 Å². The van der Waals surface area contributed by atoms with Gasteiger partial charge in [-0.3, -0.25) is 14.4 Å². The lowest BCUT2D eigenvalue weighted by Gasteiger charge is -2.14. The van der Waals surface area contributed by atoms with Crippen LogP contribution in [0.3, 0.4) is 0 Å². The summed E-state index contributed by atoms with van der Waals surface area (Å²) in [7, 11) is 0. The highest BCUT2D eigenvalue weighted by Gasteiger charge is 2.21. The van der Waals surface area contributed by atoms with Crippen molar-refractivity contribution in [1.82, 2.24) is 0 Å². The molecule has 1 atom stereocenters. The molecule has 5 heteroatoms. The SMILES string of the molecule is C=CCC[C@H](OC(C)=O)C(=O)CCC(=O)O. The monoisotopic (exact) mass is 228 g/mol. The Balaban J connectivity index is 4.24. The lowest BCUT2D eigenvalue weighted by Crippen LogP contribution is -2.26. The Bertz CT molecular complexity index is 282. The first kappa shape index (κ1) is 14.3. The van der Waals surface area contributed by atoms with Crippen LogP contribution in [0.4, 0.5) is 0 Å². The third-order valence-corrected chi connectivity index (χ3v) is 1.89. The van der Waals surface area contributed by atoms with Gasteiger partial charge in [-0.25, -0.2) is 0 Å². The first-order valence-corrected chi connectivity index (χ1v) is 5.00. The van der Waals surface area contributed by atoms with Crippen molar-refractivity contribution in [3.63, 3.8) is 0 Å². The van der Waals surface area contributed by atoms with Crippen LogP contribution in [-0.4, -0.2) is 28.9 Å². The Morgan fingerprint density at radius 3 is 2.44 bits per heavy atom. The number of allylic oxidation sites excluding steroid dienone is 1. The lowest BCUT2D eigenvalue weighted by molar-refractivity contribution is -0.153. The maximum Gasteiger partial charge on any atom is 0.303 e. The van der Waals surface area contributed by atoms with E-state index in [4.69, 9.17) is 9.84 Å². The van der Waals surface area contributed by atoms with E-state index < -0.39 is 18.0 Å². The molecule has 0 aliphatic carbocycles. The largest absolute Gasteiger partial charge is 0.481 e. The van der Waals surface area contributed by atoms with Crippen molar-refractivity contribution in [2.75, 3.05) is 0 Å². The molecule has 0 unspecified atom stereocenters. The molecule has 0 fully saturated rings. The summed E-state index contributed by atoms with van der Waals surface area (Å²) < 4.78 is 4.82. The van der Waals surface area contributed by atoms with Crippen LogP contribution in [-0.2, 0) is 19.1 Å². The van der Waals surface area contributed by atoms with Gasteiger partial charge in [0.25, 0.3) is 0 Å². The van der Waals surface area contributed by atoms with Crippen LogP contribution in [0.5, 0.6) is 0 Å². The number of hydrogen-bond donors (Lipinski definition) is 1. The van der Waals surface area contributed by atoms with E-state index in [1.165, 1.54) is 6.92 Å². The van der Waals surface area contributed by atoms with E-state index in [9.17, 15) is 14.4 Å². The van der Waals surface area contributed by atoms with E-state index in [0.29, 0.717) is 12.8 Å². The second-order valence-electron chi connectivity index (χ2n) is 3.32. The molecule has 0 aliphatic rings. The summed E-state index contributed by atoms with van der Waals surface area (Å²) in [5.74, 6) is -1.95. The third-order valence-electron chi connectivity index (χ3n) is 1.89. The van der Waals surface area contributed by atoms with E-state index in [1.807, 2.05) is 0 Å². The molecule has 0 radical (unpaired) electrons. The minimum absolute atomic E-state index is 0.121. The molecule has 0 bridgehead atoms. The topological polar surface area (TPSA) is 80.7 Å². The zero-order valence-corrected chi connectivity index (χ0v) is 9.27. The quantitative estimate of drug-likeness (QED) is 0.500. The highest BCUT2D eigenvalue weighted by Crippen LogP contribution is 2.08. The van der Waals surface area contributed by atoms with Crippen LogP contribution < -0.4 is 0 Å². The van der Waals surface area contributed by atoms with Gasteiger partial charge in [0.05, 0.1) is 6.42 Å². The van der Waals surface area contributed by atoms with Crippen LogP contribution in [0.25, 0.3) is 0 Å². The Kier molecular flexibility index (Phi) is 6.83. The maximum absolute atomic E-state index is 11.5. The predicted molar refractivity (Wildman–Crippen MR) is 56.9 cm³/mol. The predicted octanol–water partition coefficient (Wildman–Crippen LogP) is 1.32. The molecule has 16 heavy (non-hydrogen) atoms. The Hall–Kier alpha value is -1.65. The fourth-order valence-corrected chi connectivity index (χ4v) is 1.15. The molecule has 0 rings (SSSR count). The first-order valence-electron chi connectivity index (χ1n) is 5.00. The van der Waals surface area contributed by atoms with Crippen molar-refractivity contribution in [2.24, 2.45) is 0 Å². The average molecular weight is 228 g/mol. The Labute approximate surface area is 94.1 Å². The normalized spacial score (nSPS) is 11.6. The summed E-state index contributed by atoms with van der Waals surface area (Å²) >= 11 is 0. The second-order valence-corrected chi connectivity index (χ2v) is 3.32. The van der Waals surface area contributed by atoms with Crippen molar-refractivity contribution in [3.05, 3.63) is 12.7 Å². The number of carboxylic acids is 1. The first-order chi connectivity index (χ1) is 7.47. The molecule has 0 aromatic heterocycles. The van der Waals surface area contributed by atoms with Crippen LogP contribution in [0, 0.1) is 0 Å². The second kappa shape index (κ2) is 7.62. The highest BCUT2D eigenvalue weighted by atomic mass is 16.5. The molecular weight excluding hydrogens is 212 g/mol.